The van der Waals surface area contributed by atoms with Crippen LogP contribution in [0, 0.1) is 5.92 Å². The summed E-state index contributed by atoms with van der Waals surface area (Å²) in [6.07, 6.45) is 3.97. The molecular formula is C14H24N2O2S. The smallest absolute Gasteiger partial charge is 0.246 e. The van der Waals surface area contributed by atoms with Gasteiger partial charge in [0.2, 0.25) is 11.8 Å². The third-order valence-corrected chi connectivity index (χ3v) is 4.69. The molecule has 0 aromatic carbocycles. The topological polar surface area (TPSA) is 40.6 Å². The summed E-state index contributed by atoms with van der Waals surface area (Å²) in [5.41, 5.74) is 0. The largest absolute Gasteiger partial charge is 0.341 e. The molecule has 1 aliphatic heterocycles. The minimum absolute atomic E-state index is 0.155. The Balaban J connectivity index is 2.00. The fraction of sp³-hybridized carbons (Fsp3) is 0.857. The standard InChI is InChI=1S/C14H24N2O2S/c1-3-7-15(8-4-2)14(18)12-9-19-10-16(12)13(17)11-5-6-11/h11-12H,3-10H2,1-2H3. The van der Waals surface area contributed by atoms with Gasteiger partial charge in [0, 0.05) is 24.8 Å². The molecule has 2 fully saturated rings. The number of carbonyl (C=O) groups excluding carboxylic acids is 2. The lowest BCUT2D eigenvalue weighted by molar-refractivity contribution is -0.144. The van der Waals surface area contributed by atoms with Crippen molar-refractivity contribution in [3.05, 3.63) is 0 Å². The predicted octanol–water partition coefficient (Wildman–Crippen LogP) is 1.95. The van der Waals surface area contributed by atoms with Crippen molar-refractivity contribution in [3.63, 3.8) is 0 Å². The molecule has 5 heteroatoms. The zero-order chi connectivity index (χ0) is 13.8. The van der Waals surface area contributed by atoms with E-state index in [0.29, 0.717) is 5.88 Å². The van der Waals surface area contributed by atoms with Crippen LogP contribution in [0.2, 0.25) is 0 Å². The number of amides is 2. The van der Waals surface area contributed by atoms with E-state index in [0.717, 1.165) is 44.5 Å². The van der Waals surface area contributed by atoms with Crippen LogP contribution in [0.25, 0.3) is 0 Å². The van der Waals surface area contributed by atoms with E-state index >= 15 is 0 Å². The fourth-order valence-electron chi connectivity index (χ4n) is 2.51. The highest BCUT2D eigenvalue weighted by atomic mass is 32.2. The van der Waals surface area contributed by atoms with Crippen LogP contribution >= 0.6 is 11.8 Å². The SMILES string of the molecule is CCCN(CCC)C(=O)C1CSCN1C(=O)C1CC1. The fourth-order valence-corrected chi connectivity index (χ4v) is 3.67. The molecule has 2 aliphatic rings. The molecule has 4 nitrogen and oxygen atoms in total. The van der Waals surface area contributed by atoms with Gasteiger partial charge in [-0.3, -0.25) is 9.59 Å². The molecule has 2 rings (SSSR count). The average Bonchev–Trinajstić information content (AvgIpc) is 3.14. The highest BCUT2D eigenvalue weighted by molar-refractivity contribution is 7.99. The maximum Gasteiger partial charge on any atom is 0.246 e. The van der Waals surface area contributed by atoms with E-state index in [9.17, 15) is 9.59 Å². The van der Waals surface area contributed by atoms with Gasteiger partial charge in [0.15, 0.2) is 0 Å². The number of carbonyl (C=O) groups is 2. The third-order valence-electron chi connectivity index (χ3n) is 3.68. The summed E-state index contributed by atoms with van der Waals surface area (Å²) < 4.78 is 0. The molecule has 1 heterocycles. The Hall–Kier alpha value is -0.710. The molecule has 0 aromatic heterocycles. The van der Waals surface area contributed by atoms with Crippen molar-refractivity contribution in [1.82, 2.24) is 9.80 Å². The van der Waals surface area contributed by atoms with E-state index in [-0.39, 0.29) is 23.8 Å². The van der Waals surface area contributed by atoms with Gasteiger partial charge in [0.05, 0.1) is 5.88 Å². The van der Waals surface area contributed by atoms with Crippen LogP contribution in [0.5, 0.6) is 0 Å². The van der Waals surface area contributed by atoms with Crippen molar-refractivity contribution in [1.29, 1.82) is 0 Å². The van der Waals surface area contributed by atoms with E-state index in [4.69, 9.17) is 0 Å². The first kappa shape index (κ1) is 14.7. The van der Waals surface area contributed by atoms with E-state index in [2.05, 4.69) is 13.8 Å². The molecule has 1 saturated carbocycles. The Morgan fingerprint density at radius 1 is 1.21 bits per heavy atom. The number of nitrogens with zero attached hydrogens (tertiary/aromatic N) is 2. The molecule has 1 aliphatic carbocycles. The zero-order valence-electron chi connectivity index (χ0n) is 11.9. The van der Waals surface area contributed by atoms with Gasteiger partial charge >= 0.3 is 0 Å². The van der Waals surface area contributed by atoms with Crippen molar-refractivity contribution in [3.8, 4) is 0 Å². The molecule has 19 heavy (non-hydrogen) atoms. The first-order valence-electron chi connectivity index (χ1n) is 7.36. The first-order chi connectivity index (χ1) is 9.19. The second kappa shape index (κ2) is 6.64. The molecule has 0 aromatic rings. The molecule has 0 radical (unpaired) electrons. The molecule has 0 spiro atoms. The molecule has 2 amide bonds. The van der Waals surface area contributed by atoms with Gasteiger partial charge in [-0.05, 0) is 25.7 Å². The highest BCUT2D eigenvalue weighted by Gasteiger charge is 2.42. The van der Waals surface area contributed by atoms with Crippen molar-refractivity contribution >= 4 is 23.6 Å². The van der Waals surface area contributed by atoms with E-state index in [1.54, 1.807) is 11.8 Å². The Kier molecular flexibility index (Phi) is 5.13. The summed E-state index contributed by atoms with van der Waals surface area (Å²) in [5, 5.41) is 0. The van der Waals surface area contributed by atoms with E-state index < -0.39 is 0 Å². The summed E-state index contributed by atoms with van der Waals surface area (Å²) in [4.78, 5) is 28.6. The Morgan fingerprint density at radius 3 is 2.37 bits per heavy atom. The van der Waals surface area contributed by atoms with Gasteiger partial charge in [0.1, 0.15) is 6.04 Å². The summed E-state index contributed by atoms with van der Waals surface area (Å²) in [6, 6.07) is -0.212. The summed E-state index contributed by atoms with van der Waals surface area (Å²) in [5.74, 6) is 2.03. The van der Waals surface area contributed by atoms with Crippen molar-refractivity contribution in [2.24, 2.45) is 5.92 Å². The van der Waals surface area contributed by atoms with Crippen molar-refractivity contribution in [2.45, 2.75) is 45.6 Å². The van der Waals surface area contributed by atoms with Gasteiger partial charge in [-0.2, -0.15) is 0 Å². The quantitative estimate of drug-likeness (QED) is 0.748. The second-order valence-corrected chi connectivity index (χ2v) is 6.42. The Bertz CT molecular complexity index is 338. The van der Waals surface area contributed by atoms with Gasteiger partial charge in [-0.15, -0.1) is 11.8 Å². The van der Waals surface area contributed by atoms with Gasteiger partial charge in [-0.25, -0.2) is 0 Å². The van der Waals surface area contributed by atoms with Crippen LogP contribution < -0.4 is 0 Å². The monoisotopic (exact) mass is 284 g/mol. The zero-order valence-corrected chi connectivity index (χ0v) is 12.7. The van der Waals surface area contributed by atoms with Crippen LogP contribution in [0.3, 0.4) is 0 Å². The number of thioether (sulfide) groups is 1. The van der Waals surface area contributed by atoms with Crippen molar-refractivity contribution < 1.29 is 9.59 Å². The van der Waals surface area contributed by atoms with E-state index in [1.807, 2.05) is 9.80 Å². The van der Waals surface area contributed by atoms with Crippen LogP contribution in [0.4, 0.5) is 0 Å². The van der Waals surface area contributed by atoms with Crippen LogP contribution in [0.1, 0.15) is 39.5 Å². The normalized spacial score (nSPS) is 22.6. The van der Waals surface area contributed by atoms with Gasteiger partial charge < -0.3 is 9.80 Å². The summed E-state index contributed by atoms with van der Waals surface area (Å²) >= 11 is 1.70. The second-order valence-electron chi connectivity index (χ2n) is 5.42. The first-order valence-corrected chi connectivity index (χ1v) is 8.51. The molecule has 0 N–H and O–H groups in total. The third kappa shape index (κ3) is 3.44. The lowest BCUT2D eigenvalue weighted by Gasteiger charge is -2.29. The van der Waals surface area contributed by atoms with Crippen molar-refractivity contribution in [2.75, 3.05) is 24.7 Å². The summed E-state index contributed by atoms with van der Waals surface area (Å²) in [7, 11) is 0. The average molecular weight is 284 g/mol. The number of hydrogen-bond acceptors (Lipinski definition) is 3. The minimum atomic E-state index is -0.212. The number of rotatable bonds is 6. The Morgan fingerprint density at radius 2 is 1.84 bits per heavy atom. The van der Waals surface area contributed by atoms with Gasteiger partial charge in [0.25, 0.3) is 0 Å². The Labute approximate surface area is 119 Å². The van der Waals surface area contributed by atoms with Crippen LogP contribution in [-0.4, -0.2) is 52.4 Å². The highest BCUT2D eigenvalue weighted by Crippen LogP contribution is 2.34. The minimum Gasteiger partial charge on any atom is -0.341 e. The van der Waals surface area contributed by atoms with Gasteiger partial charge in [-0.1, -0.05) is 13.8 Å². The number of hydrogen-bond donors (Lipinski definition) is 0. The molecular weight excluding hydrogens is 260 g/mol. The predicted molar refractivity (Wildman–Crippen MR) is 77.8 cm³/mol. The van der Waals surface area contributed by atoms with Crippen LogP contribution in [0.15, 0.2) is 0 Å². The van der Waals surface area contributed by atoms with Crippen LogP contribution in [-0.2, 0) is 9.59 Å². The molecule has 1 unspecified atom stereocenters. The summed E-state index contributed by atoms with van der Waals surface area (Å²) in [6.45, 7) is 5.79. The molecule has 0 bridgehead atoms. The molecule has 1 saturated heterocycles. The molecule has 1 atom stereocenters. The van der Waals surface area contributed by atoms with E-state index in [1.165, 1.54) is 0 Å². The lowest BCUT2D eigenvalue weighted by atomic mass is 10.2. The lowest BCUT2D eigenvalue weighted by Crippen LogP contribution is -2.49. The maximum atomic E-state index is 12.6. The maximum absolute atomic E-state index is 12.6. The molecule has 108 valence electrons.